The second-order valence-corrected chi connectivity index (χ2v) is 4.36. The number of nitrogens with zero attached hydrogens (tertiary/aromatic N) is 1. The molecule has 0 bridgehead atoms. The fraction of sp³-hybridized carbons (Fsp3) is 0.0714. The maximum absolute atomic E-state index is 13.6. The molecule has 108 valence electrons. The Bertz CT molecular complexity index is 732. The van der Waals surface area contributed by atoms with Crippen LogP contribution in [0.15, 0.2) is 36.4 Å². The van der Waals surface area contributed by atoms with Crippen molar-refractivity contribution in [2.75, 3.05) is 5.32 Å². The van der Waals surface area contributed by atoms with E-state index in [0.29, 0.717) is 11.6 Å². The van der Waals surface area contributed by atoms with E-state index in [1.807, 2.05) is 0 Å². The van der Waals surface area contributed by atoms with Gasteiger partial charge in [-0.2, -0.15) is 0 Å². The first kappa shape index (κ1) is 14.6. The summed E-state index contributed by atoms with van der Waals surface area (Å²) in [7, 11) is 0. The lowest BCUT2D eigenvalue weighted by atomic mass is 10.1. The second kappa shape index (κ2) is 5.66. The highest BCUT2D eigenvalue weighted by Gasteiger charge is 2.19. The third kappa shape index (κ3) is 3.19. The van der Waals surface area contributed by atoms with E-state index in [1.165, 1.54) is 12.1 Å². The lowest BCUT2D eigenvalue weighted by molar-refractivity contribution is -0.384. The average molecular weight is 292 g/mol. The number of amides is 1. The van der Waals surface area contributed by atoms with Crippen molar-refractivity contribution in [1.82, 2.24) is 0 Å². The van der Waals surface area contributed by atoms with Crippen LogP contribution in [0, 0.1) is 28.7 Å². The van der Waals surface area contributed by atoms with Crippen molar-refractivity contribution in [1.29, 1.82) is 0 Å². The first-order valence-corrected chi connectivity index (χ1v) is 5.90. The van der Waals surface area contributed by atoms with Crippen LogP contribution in [-0.4, -0.2) is 10.8 Å². The van der Waals surface area contributed by atoms with Gasteiger partial charge in [0.25, 0.3) is 11.6 Å². The van der Waals surface area contributed by atoms with E-state index < -0.39 is 28.2 Å². The molecular weight excluding hydrogens is 282 g/mol. The maximum atomic E-state index is 13.6. The number of carbonyl (C=O) groups is 1. The summed E-state index contributed by atoms with van der Waals surface area (Å²) in [5.41, 5.74) is -0.382. The smallest absolute Gasteiger partial charge is 0.295 e. The summed E-state index contributed by atoms with van der Waals surface area (Å²) in [5.74, 6) is -2.39. The number of rotatable bonds is 3. The van der Waals surface area contributed by atoms with Gasteiger partial charge in [-0.25, -0.2) is 8.78 Å². The van der Waals surface area contributed by atoms with Gasteiger partial charge in [0.15, 0.2) is 0 Å². The van der Waals surface area contributed by atoms with Gasteiger partial charge in [0.1, 0.15) is 17.3 Å². The fourth-order valence-electron chi connectivity index (χ4n) is 1.76. The standard InChI is InChI=1S/C14H10F2N2O3/c1-8-2-4-11(16)10(6-8)14(19)17-12-5-3-9(15)7-13(12)18(20)21/h2-7H,1H3,(H,17,19). The van der Waals surface area contributed by atoms with Gasteiger partial charge in [-0.05, 0) is 31.2 Å². The number of carbonyl (C=O) groups excluding carboxylic acids is 1. The summed E-state index contributed by atoms with van der Waals surface area (Å²) in [6.07, 6.45) is 0. The molecule has 5 nitrogen and oxygen atoms in total. The third-order valence-corrected chi connectivity index (χ3v) is 2.77. The topological polar surface area (TPSA) is 72.2 Å². The summed E-state index contributed by atoms with van der Waals surface area (Å²) in [6, 6.07) is 6.65. The van der Waals surface area contributed by atoms with Crippen molar-refractivity contribution in [2.45, 2.75) is 6.92 Å². The minimum absolute atomic E-state index is 0.202. The molecule has 2 aromatic carbocycles. The summed E-state index contributed by atoms with van der Waals surface area (Å²) >= 11 is 0. The molecule has 7 heteroatoms. The molecule has 0 aliphatic carbocycles. The molecule has 1 amide bonds. The Labute approximate surface area is 118 Å². The Hall–Kier alpha value is -2.83. The molecule has 0 aliphatic heterocycles. The number of benzene rings is 2. The summed E-state index contributed by atoms with van der Waals surface area (Å²) in [5, 5.41) is 13.0. The first-order valence-electron chi connectivity index (χ1n) is 5.90. The van der Waals surface area contributed by atoms with Crippen molar-refractivity contribution in [3.8, 4) is 0 Å². The molecule has 1 N–H and O–H groups in total. The van der Waals surface area contributed by atoms with E-state index in [1.54, 1.807) is 6.92 Å². The Kier molecular flexibility index (Phi) is 3.93. The second-order valence-electron chi connectivity index (χ2n) is 4.36. The van der Waals surface area contributed by atoms with Crippen LogP contribution in [0.25, 0.3) is 0 Å². The number of nitro groups is 1. The molecular formula is C14H10F2N2O3. The van der Waals surface area contributed by atoms with Crippen LogP contribution < -0.4 is 5.32 Å². The minimum Gasteiger partial charge on any atom is -0.316 e. The van der Waals surface area contributed by atoms with Gasteiger partial charge in [0.2, 0.25) is 0 Å². The summed E-state index contributed by atoms with van der Waals surface area (Å²) in [4.78, 5) is 22.0. The van der Waals surface area contributed by atoms with Crippen molar-refractivity contribution in [2.24, 2.45) is 0 Å². The molecule has 0 radical (unpaired) electrons. The molecule has 21 heavy (non-hydrogen) atoms. The molecule has 0 atom stereocenters. The van der Waals surface area contributed by atoms with Crippen LogP contribution in [0.5, 0.6) is 0 Å². The van der Waals surface area contributed by atoms with Crippen LogP contribution in [0.1, 0.15) is 15.9 Å². The van der Waals surface area contributed by atoms with Crippen molar-refractivity contribution in [3.63, 3.8) is 0 Å². The molecule has 0 fully saturated rings. The molecule has 2 aromatic rings. The predicted molar refractivity (Wildman–Crippen MR) is 72.1 cm³/mol. The average Bonchev–Trinajstić information content (AvgIpc) is 2.43. The number of nitrogens with one attached hydrogen (secondary N) is 1. The third-order valence-electron chi connectivity index (χ3n) is 2.77. The Morgan fingerprint density at radius 1 is 1.19 bits per heavy atom. The maximum Gasteiger partial charge on any atom is 0.295 e. The summed E-state index contributed by atoms with van der Waals surface area (Å²) < 4.78 is 26.6. The van der Waals surface area contributed by atoms with E-state index in [0.717, 1.165) is 18.2 Å². The highest BCUT2D eigenvalue weighted by atomic mass is 19.1. The van der Waals surface area contributed by atoms with E-state index >= 15 is 0 Å². The minimum atomic E-state index is -0.842. The van der Waals surface area contributed by atoms with Crippen LogP contribution in [0.3, 0.4) is 0 Å². The molecule has 2 rings (SSSR count). The lowest BCUT2D eigenvalue weighted by Gasteiger charge is -2.07. The molecule has 0 unspecified atom stereocenters. The number of nitro benzene ring substituents is 1. The highest BCUT2D eigenvalue weighted by molar-refractivity contribution is 6.05. The normalized spacial score (nSPS) is 10.2. The molecule has 0 saturated carbocycles. The summed E-state index contributed by atoms with van der Waals surface area (Å²) in [6.45, 7) is 1.68. The van der Waals surface area contributed by atoms with E-state index in [4.69, 9.17) is 0 Å². The van der Waals surface area contributed by atoms with Crippen molar-refractivity contribution >= 4 is 17.3 Å². The zero-order valence-electron chi connectivity index (χ0n) is 10.9. The Balaban J connectivity index is 2.36. The number of anilines is 1. The monoisotopic (exact) mass is 292 g/mol. The van der Waals surface area contributed by atoms with Crippen LogP contribution in [0.2, 0.25) is 0 Å². The Morgan fingerprint density at radius 2 is 1.90 bits per heavy atom. The lowest BCUT2D eigenvalue weighted by Crippen LogP contribution is -2.15. The van der Waals surface area contributed by atoms with E-state index in [9.17, 15) is 23.7 Å². The largest absolute Gasteiger partial charge is 0.316 e. The van der Waals surface area contributed by atoms with Gasteiger partial charge in [-0.3, -0.25) is 14.9 Å². The molecule has 0 aliphatic rings. The number of aryl methyl sites for hydroxylation is 1. The van der Waals surface area contributed by atoms with Gasteiger partial charge < -0.3 is 5.32 Å². The number of hydrogen-bond donors (Lipinski definition) is 1. The Morgan fingerprint density at radius 3 is 2.57 bits per heavy atom. The van der Waals surface area contributed by atoms with Crippen molar-refractivity contribution in [3.05, 3.63) is 69.3 Å². The fourth-order valence-corrected chi connectivity index (χ4v) is 1.76. The number of halogens is 2. The van der Waals surface area contributed by atoms with Gasteiger partial charge >= 0.3 is 0 Å². The van der Waals surface area contributed by atoms with Crippen LogP contribution >= 0.6 is 0 Å². The van der Waals surface area contributed by atoms with Crippen LogP contribution in [-0.2, 0) is 0 Å². The molecule has 0 aromatic heterocycles. The predicted octanol–water partition coefficient (Wildman–Crippen LogP) is 3.43. The van der Waals surface area contributed by atoms with Gasteiger partial charge in [0.05, 0.1) is 16.6 Å². The molecule has 0 saturated heterocycles. The van der Waals surface area contributed by atoms with Gasteiger partial charge in [-0.1, -0.05) is 11.6 Å². The van der Waals surface area contributed by atoms with E-state index in [-0.39, 0.29) is 11.3 Å². The SMILES string of the molecule is Cc1ccc(F)c(C(=O)Nc2ccc(F)cc2[N+](=O)[O-])c1. The highest BCUT2D eigenvalue weighted by Crippen LogP contribution is 2.25. The zero-order chi connectivity index (χ0) is 15.6. The number of hydrogen-bond acceptors (Lipinski definition) is 3. The molecule has 0 heterocycles. The van der Waals surface area contributed by atoms with Gasteiger partial charge in [0, 0.05) is 0 Å². The zero-order valence-corrected chi connectivity index (χ0v) is 10.9. The van der Waals surface area contributed by atoms with E-state index in [2.05, 4.69) is 5.32 Å². The quantitative estimate of drug-likeness (QED) is 0.695. The van der Waals surface area contributed by atoms with Gasteiger partial charge in [-0.15, -0.1) is 0 Å². The molecule has 0 spiro atoms. The van der Waals surface area contributed by atoms with Crippen molar-refractivity contribution < 1.29 is 18.5 Å². The van der Waals surface area contributed by atoms with Crippen LogP contribution in [0.4, 0.5) is 20.2 Å². The first-order chi connectivity index (χ1) is 9.88.